The molecule has 4 fully saturated rings. The summed E-state index contributed by atoms with van der Waals surface area (Å²) < 4.78 is 28.0. The van der Waals surface area contributed by atoms with Crippen molar-refractivity contribution in [2.24, 2.45) is 34.4 Å². The van der Waals surface area contributed by atoms with Gasteiger partial charge < -0.3 is 35.1 Å². The van der Waals surface area contributed by atoms with E-state index in [1.165, 1.54) is 5.57 Å². The Morgan fingerprint density at radius 2 is 1.77 bits per heavy atom. The zero-order valence-electron chi connectivity index (χ0n) is 34.1. The van der Waals surface area contributed by atoms with Crippen LogP contribution in [0.3, 0.4) is 0 Å². The first-order chi connectivity index (χ1) is 26.9. The number of aliphatic hydroxyl groups is 1. The number of aliphatic imine (C=N–C) groups is 1. The number of nitrogens with zero attached hydrogens (tertiary/aromatic N) is 2. The van der Waals surface area contributed by atoms with E-state index in [9.17, 15) is 20.0 Å². The maximum absolute atomic E-state index is 15.3. The van der Waals surface area contributed by atoms with Gasteiger partial charge in [0.25, 0.3) is 0 Å². The molecule has 0 radical (unpaired) electrons. The second kappa shape index (κ2) is 13.3. The fourth-order valence-electron chi connectivity index (χ4n) is 10.7. The van der Waals surface area contributed by atoms with E-state index in [1.807, 2.05) is 40.7 Å². The number of carbonyl (C=O) groups is 3. The standard InChI is InChI=1S/C45H52N4O8/c1-22(2)10-9-14-43(8)20-25-18-30(51)54-38-31(25)36(55-43)26(12-11-23(3)4)37-33(38)35-34-32(28(21-46)40(47)49-35)27-19-29-42(6,7)57-44(39(27)52,45(29,34)56-37)15-13-24(5)41(53)48-16-17-50/h10-11,13,20,27-29,32,50H,9,12,14-19H2,1-8H3,(H2,47,49)(H,48,53). The van der Waals surface area contributed by atoms with Gasteiger partial charge in [-0.1, -0.05) is 29.4 Å². The maximum atomic E-state index is 15.3. The van der Waals surface area contributed by atoms with Gasteiger partial charge in [0.1, 0.15) is 28.9 Å². The van der Waals surface area contributed by atoms with Crippen LogP contribution in [0.15, 0.2) is 51.6 Å². The van der Waals surface area contributed by atoms with Crippen LogP contribution in [0, 0.1) is 35.0 Å². The minimum Gasteiger partial charge on any atom is -0.482 e. The molecule has 1 aromatic carbocycles. The molecule has 12 nitrogen and oxygen atoms in total. The molecule has 4 N–H and O–H groups in total. The summed E-state index contributed by atoms with van der Waals surface area (Å²) in [7, 11) is 0. The average molecular weight is 777 g/mol. The molecule has 1 saturated heterocycles. The molecule has 1 amide bonds. The Balaban J connectivity index is 1.44. The van der Waals surface area contributed by atoms with Crippen LogP contribution < -0.4 is 25.3 Å². The smallest absolute Gasteiger partial charge is 0.315 e. The van der Waals surface area contributed by atoms with Crippen molar-refractivity contribution < 1.29 is 38.4 Å². The summed E-state index contributed by atoms with van der Waals surface area (Å²) in [6.45, 7) is 15.6. The van der Waals surface area contributed by atoms with Crippen molar-refractivity contribution in [3.05, 3.63) is 63.3 Å². The van der Waals surface area contributed by atoms with Crippen molar-refractivity contribution in [3.8, 4) is 23.3 Å². The second-order valence-electron chi connectivity index (χ2n) is 17.9. The highest BCUT2D eigenvalue weighted by molar-refractivity contribution is 6.07. The molecule has 12 heteroatoms. The number of fused-ring (bicyclic) bond motifs is 3. The molecule has 4 bridgehead atoms. The van der Waals surface area contributed by atoms with E-state index in [0.29, 0.717) is 58.7 Å². The van der Waals surface area contributed by atoms with Gasteiger partial charge in [-0.15, -0.1) is 0 Å². The number of hydrogen-bond donors (Lipinski definition) is 3. The number of carbonyl (C=O) groups excluding carboxylic acids is 3. The van der Waals surface area contributed by atoms with Gasteiger partial charge >= 0.3 is 5.97 Å². The average Bonchev–Trinajstić information content (AvgIpc) is 3.27. The summed E-state index contributed by atoms with van der Waals surface area (Å²) in [6, 6.07) is 2.37. The quantitative estimate of drug-likeness (QED) is 0.111. The highest BCUT2D eigenvalue weighted by atomic mass is 16.6. The molecule has 5 heterocycles. The molecule has 57 heavy (non-hydrogen) atoms. The van der Waals surface area contributed by atoms with E-state index in [-0.39, 0.29) is 55.2 Å². The Kier molecular flexibility index (Phi) is 9.06. The monoisotopic (exact) mass is 776 g/mol. The van der Waals surface area contributed by atoms with Crippen LogP contribution in [-0.4, -0.2) is 64.2 Å². The number of aliphatic hydroxyl groups excluding tert-OH is 1. The number of ketones is 1. The third kappa shape index (κ3) is 5.52. The zero-order chi connectivity index (χ0) is 41.0. The lowest BCUT2D eigenvalue weighted by Gasteiger charge is -2.62. The third-order valence-corrected chi connectivity index (χ3v) is 13.1. The molecule has 3 aliphatic carbocycles. The van der Waals surface area contributed by atoms with E-state index in [1.54, 1.807) is 13.0 Å². The Morgan fingerprint density at radius 1 is 1.05 bits per heavy atom. The van der Waals surface area contributed by atoms with Crippen molar-refractivity contribution >= 4 is 34.8 Å². The molecule has 300 valence electrons. The Morgan fingerprint density at radius 3 is 2.46 bits per heavy atom. The number of amidine groups is 1. The predicted molar refractivity (Wildman–Crippen MR) is 213 cm³/mol. The first-order valence-electron chi connectivity index (χ1n) is 20.0. The van der Waals surface area contributed by atoms with Crippen molar-refractivity contribution in [1.29, 1.82) is 5.26 Å². The maximum Gasteiger partial charge on any atom is 0.315 e. The van der Waals surface area contributed by atoms with Gasteiger partial charge in [0.15, 0.2) is 22.7 Å². The third-order valence-electron chi connectivity index (χ3n) is 13.1. The van der Waals surface area contributed by atoms with E-state index in [0.717, 1.165) is 23.1 Å². The van der Waals surface area contributed by atoms with E-state index >= 15 is 4.79 Å². The van der Waals surface area contributed by atoms with Crippen LogP contribution in [0.4, 0.5) is 0 Å². The van der Waals surface area contributed by atoms with Gasteiger partial charge in [-0.25, -0.2) is 4.99 Å². The van der Waals surface area contributed by atoms with Crippen LogP contribution >= 0.6 is 0 Å². The van der Waals surface area contributed by atoms with Crippen molar-refractivity contribution in [1.82, 2.24) is 5.32 Å². The fraction of sp³-hybridized carbons (Fsp3) is 0.533. The van der Waals surface area contributed by atoms with E-state index < -0.39 is 46.1 Å². The van der Waals surface area contributed by atoms with Crippen LogP contribution in [0.5, 0.6) is 17.2 Å². The first-order valence-corrected chi connectivity index (χ1v) is 20.0. The lowest BCUT2D eigenvalue weighted by molar-refractivity contribution is -0.182. The van der Waals surface area contributed by atoms with Crippen LogP contribution in [0.2, 0.25) is 0 Å². The molecule has 8 aliphatic rings. The van der Waals surface area contributed by atoms with Gasteiger partial charge in [-0.3, -0.25) is 14.4 Å². The van der Waals surface area contributed by atoms with Gasteiger partial charge in [0.05, 0.1) is 41.5 Å². The summed E-state index contributed by atoms with van der Waals surface area (Å²) in [4.78, 5) is 47.1. The molecule has 1 aromatic rings. The Bertz CT molecular complexity index is 2260. The summed E-state index contributed by atoms with van der Waals surface area (Å²) in [5, 5.41) is 22.7. The Hall–Kier alpha value is -4.99. The molecular weight excluding hydrogens is 725 g/mol. The largest absolute Gasteiger partial charge is 0.482 e. The van der Waals surface area contributed by atoms with Gasteiger partial charge in [-0.05, 0) is 92.7 Å². The lowest BCUT2D eigenvalue weighted by atomic mass is 9.44. The minimum atomic E-state index is -1.62. The highest BCUT2D eigenvalue weighted by Crippen LogP contribution is 2.74. The number of allylic oxidation sites excluding steroid dienone is 4. The van der Waals surface area contributed by atoms with Crippen molar-refractivity contribution in [2.45, 2.75) is 116 Å². The molecule has 5 aliphatic heterocycles. The summed E-state index contributed by atoms with van der Waals surface area (Å²) in [5.41, 5.74) is 8.31. The van der Waals surface area contributed by atoms with Crippen molar-refractivity contribution in [3.63, 3.8) is 0 Å². The number of nitrogens with one attached hydrogen (secondary N) is 1. The van der Waals surface area contributed by atoms with Crippen LogP contribution in [-0.2, 0) is 25.5 Å². The van der Waals surface area contributed by atoms with E-state index in [2.05, 4.69) is 37.4 Å². The SMILES string of the molecule is CC(C)=CCCC1(C)C=C2CC(=O)Oc3c2c(c(CC=C(C)C)c2c3C3=C4C(C(C#N)C(N)=N3)C3CC5C(C)(C)OC(CC=C(C)C(=O)NCCO)(C3=O)C45O2)O1. The number of nitrogens with two attached hydrogens (primary N) is 1. The minimum absolute atomic E-state index is 0.00218. The normalized spacial score (nSPS) is 32.0. The number of rotatable bonds is 10. The topological polar surface area (TPSA) is 183 Å². The molecule has 9 rings (SSSR count). The molecule has 0 aromatic heterocycles. The lowest BCUT2D eigenvalue weighted by Crippen LogP contribution is -2.75. The van der Waals surface area contributed by atoms with Gasteiger partial charge in [0.2, 0.25) is 5.91 Å². The van der Waals surface area contributed by atoms with Gasteiger partial charge in [-0.2, -0.15) is 5.26 Å². The number of Topliss-reactive ketones (excluding diaryl/α,β-unsaturated/α-hetero) is 1. The highest BCUT2D eigenvalue weighted by Gasteiger charge is 2.84. The molecule has 1 spiro atoms. The molecule has 7 atom stereocenters. The van der Waals surface area contributed by atoms with Crippen LogP contribution in [0.25, 0.3) is 11.3 Å². The summed E-state index contributed by atoms with van der Waals surface area (Å²) in [6.07, 6.45) is 10.3. The molecule has 7 unspecified atom stereocenters. The number of ether oxygens (including phenoxy) is 4. The van der Waals surface area contributed by atoms with Crippen molar-refractivity contribution in [2.75, 3.05) is 13.2 Å². The number of hydrogen-bond acceptors (Lipinski definition) is 11. The predicted octanol–water partition coefficient (Wildman–Crippen LogP) is 5.97. The first kappa shape index (κ1) is 38.9. The number of benzene rings is 1. The summed E-state index contributed by atoms with van der Waals surface area (Å²) in [5.74, 6) is -2.36. The molecular formula is C45H52N4O8. The van der Waals surface area contributed by atoms with E-state index in [4.69, 9.17) is 29.7 Å². The number of esters is 1. The fourth-order valence-corrected chi connectivity index (χ4v) is 10.7. The van der Waals surface area contributed by atoms with Crippen LogP contribution in [0.1, 0.15) is 104 Å². The number of amides is 1. The van der Waals surface area contributed by atoms with Gasteiger partial charge in [0, 0.05) is 47.4 Å². The second-order valence-corrected chi connectivity index (χ2v) is 17.9. The zero-order valence-corrected chi connectivity index (χ0v) is 34.1. The summed E-state index contributed by atoms with van der Waals surface area (Å²) >= 11 is 0. The molecule has 3 saturated carbocycles. The Labute approximate surface area is 333 Å². The number of nitriles is 1.